The van der Waals surface area contributed by atoms with E-state index in [1.54, 1.807) is 18.3 Å². The fraction of sp³-hybridized carbons (Fsp3) is 0.324. The number of para-hydroxylation sites is 1. The van der Waals surface area contributed by atoms with Gasteiger partial charge in [-0.25, -0.2) is 0 Å². The highest BCUT2D eigenvalue weighted by molar-refractivity contribution is 6.04. The van der Waals surface area contributed by atoms with Crippen LogP contribution >= 0.6 is 0 Å². The summed E-state index contributed by atoms with van der Waals surface area (Å²) < 4.78 is 13.1. The molecule has 0 aliphatic carbocycles. The molecular weight excluding hydrogens is 594 g/mol. The molecule has 3 aliphatic heterocycles. The van der Waals surface area contributed by atoms with E-state index in [1.165, 1.54) is 6.20 Å². The van der Waals surface area contributed by atoms with Crippen molar-refractivity contribution in [3.8, 4) is 0 Å². The van der Waals surface area contributed by atoms with Gasteiger partial charge in [-0.05, 0) is 60.4 Å². The third kappa shape index (κ3) is 6.63. The molecule has 10 heteroatoms. The molecule has 1 aromatic heterocycles. The average molecular weight is 634 g/mol. The van der Waals surface area contributed by atoms with Gasteiger partial charge in [-0.3, -0.25) is 14.6 Å². The Morgan fingerprint density at radius 2 is 1.68 bits per heavy atom. The Hall–Kier alpha value is -4.61. The molecule has 3 fully saturated rings. The van der Waals surface area contributed by atoms with Crippen molar-refractivity contribution in [1.29, 1.82) is 0 Å². The van der Waals surface area contributed by atoms with Gasteiger partial charge in [0.15, 0.2) is 6.29 Å². The van der Waals surface area contributed by atoms with Gasteiger partial charge in [-0.15, -0.1) is 0 Å². The number of nitrogens with zero attached hydrogens (tertiary/aromatic N) is 3. The fourth-order valence-electron chi connectivity index (χ4n) is 6.88. The maximum atomic E-state index is 13.2. The number of aromatic nitrogens is 1. The van der Waals surface area contributed by atoms with E-state index in [2.05, 4.69) is 37.6 Å². The number of nitrogens with one attached hydrogen (secondary N) is 2. The second kappa shape index (κ2) is 13.6. The Kier molecular flexibility index (Phi) is 8.99. The molecule has 1 spiro atoms. The van der Waals surface area contributed by atoms with E-state index in [1.807, 2.05) is 66.7 Å². The van der Waals surface area contributed by atoms with Gasteiger partial charge in [0.1, 0.15) is 5.54 Å². The molecule has 10 nitrogen and oxygen atoms in total. The van der Waals surface area contributed by atoms with E-state index in [0.29, 0.717) is 30.9 Å². The first-order valence-electron chi connectivity index (χ1n) is 16.2. The van der Waals surface area contributed by atoms with E-state index in [-0.39, 0.29) is 30.6 Å². The van der Waals surface area contributed by atoms with Gasteiger partial charge in [-0.2, -0.15) is 0 Å². The molecule has 2 amide bonds. The van der Waals surface area contributed by atoms with Gasteiger partial charge in [0.2, 0.25) is 5.91 Å². The first kappa shape index (κ1) is 31.0. The number of anilines is 2. The average Bonchev–Trinajstić information content (AvgIpc) is 3.44. The minimum Gasteiger partial charge on any atom is -0.392 e. The molecular formula is C37H39N5O5. The normalized spacial score (nSPS) is 22.6. The maximum Gasteiger partial charge on any atom is 0.257 e. The van der Waals surface area contributed by atoms with Gasteiger partial charge in [0, 0.05) is 55.4 Å². The highest BCUT2D eigenvalue weighted by Crippen LogP contribution is 2.40. The number of ether oxygens (including phenoxy) is 2. The molecule has 3 N–H and O–H groups in total. The summed E-state index contributed by atoms with van der Waals surface area (Å²) >= 11 is 0. The number of aliphatic hydroxyl groups excluding tert-OH is 1. The highest BCUT2D eigenvalue weighted by atomic mass is 16.7. The van der Waals surface area contributed by atoms with Crippen molar-refractivity contribution in [1.82, 2.24) is 15.2 Å². The van der Waals surface area contributed by atoms with E-state index in [9.17, 15) is 14.7 Å². The molecule has 0 unspecified atom stereocenters. The minimum atomic E-state index is -0.607. The lowest BCUT2D eigenvalue weighted by Crippen LogP contribution is -2.57. The summed E-state index contributed by atoms with van der Waals surface area (Å²) in [6.07, 6.45) is 4.38. The number of carbonyl (C=O) groups excluding carboxylic acids is 2. The minimum absolute atomic E-state index is 0.0139. The van der Waals surface area contributed by atoms with Crippen LogP contribution in [0.1, 0.15) is 58.7 Å². The Labute approximate surface area is 274 Å². The molecule has 3 atom stereocenters. The van der Waals surface area contributed by atoms with Crippen LogP contribution in [-0.4, -0.2) is 64.8 Å². The van der Waals surface area contributed by atoms with Crippen molar-refractivity contribution in [3.63, 3.8) is 0 Å². The van der Waals surface area contributed by atoms with Crippen molar-refractivity contribution in [2.75, 3.05) is 36.5 Å². The first-order valence-corrected chi connectivity index (χ1v) is 16.2. The number of hydrogen-bond donors (Lipinski definition) is 3. The zero-order chi connectivity index (χ0) is 32.2. The van der Waals surface area contributed by atoms with Crippen molar-refractivity contribution in [2.24, 2.45) is 0 Å². The van der Waals surface area contributed by atoms with Crippen LogP contribution < -0.4 is 15.5 Å². The fourth-order valence-corrected chi connectivity index (χ4v) is 6.88. The predicted molar refractivity (Wildman–Crippen MR) is 177 cm³/mol. The Morgan fingerprint density at radius 3 is 2.38 bits per heavy atom. The summed E-state index contributed by atoms with van der Waals surface area (Å²) in [5.41, 5.74) is 4.40. The summed E-state index contributed by atoms with van der Waals surface area (Å²) in [5.74, 6) is -0.123. The largest absolute Gasteiger partial charge is 0.392 e. The molecule has 3 aliphatic rings. The standard InChI is InChI=1S/C37H39N5O5/c43-24-26-8-10-27(11-9-26)33-21-32(23-41-19-16-37(17-20-41)36(45)39-25-42(37)31-6-2-1-3-7-31)46-35(47-33)28-12-14-30(15-13-28)40-34(44)29-5-4-18-38-22-29/h1-15,18,22,32-33,35,43H,16-17,19-21,23-25H2,(H,39,45)(H,40,44)/t32-,33+,35+/m1/s1. The molecule has 0 saturated carbocycles. The number of rotatable bonds is 8. The monoisotopic (exact) mass is 633 g/mol. The first-order chi connectivity index (χ1) is 23.0. The molecule has 242 valence electrons. The van der Waals surface area contributed by atoms with Crippen molar-refractivity contribution in [2.45, 2.75) is 49.9 Å². The van der Waals surface area contributed by atoms with Crippen LogP contribution in [0.2, 0.25) is 0 Å². The zero-order valence-electron chi connectivity index (χ0n) is 26.1. The molecule has 47 heavy (non-hydrogen) atoms. The van der Waals surface area contributed by atoms with Crippen LogP contribution in [0.25, 0.3) is 0 Å². The summed E-state index contributed by atoms with van der Waals surface area (Å²) in [6.45, 7) is 2.79. The van der Waals surface area contributed by atoms with Gasteiger partial charge >= 0.3 is 0 Å². The molecule has 7 rings (SSSR count). The SMILES string of the molecule is O=C(Nc1ccc([C@H]2O[C@@H](CN3CCC4(CC3)C(=O)NCN4c3ccccc3)C[C@@H](c3ccc(CO)cc3)O2)cc1)c1cccnc1. The van der Waals surface area contributed by atoms with Crippen LogP contribution in [0.4, 0.5) is 11.4 Å². The number of piperidine rings is 1. The number of carbonyl (C=O) groups is 2. The number of amides is 2. The summed E-state index contributed by atoms with van der Waals surface area (Å²) in [7, 11) is 0. The van der Waals surface area contributed by atoms with Gasteiger partial charge in [-0.1, -0.05) is 54.6 Å². The highest BCUT2D eigenvalue weighted by Gasteiger charge is 2.50. The zero-order valence-corrected chi connectivity index (χ0v) is 26.1. The van der Waals surface area contributed by atoms with Crippen LogP contribution in [0, 0.1) is 0 Å². The molecule has 0 radical (unpaired) electrons. The number of likely N-dealkylation sites (tertiary alicyclic amines) is 1. The summed E-state index contributed by atoms with van der Waals surface area (Å²) in [5, 5.41) is 15.6. The third-order valence-electron chi connectivity index (χ3n) is 9.53. The molecule has 0 bridgehead atoms. The van der Waals surface area contributed by atoms with E-state index < -0.39 is 11.8 Å². The van der Waals surface area contributed by atoms with Gasteiger partial charge in [0.25, 0.3) is 5.91 Å². The second-order valence-corrected chi connectivity index (χ2v) is 12.4. The number of benzene rings is 3. The van der Waals surface area contributed by atoms with Gasteiger partial charge < -0.3 is 35.0 Å². The van der Waals surface area contributed by atoms with Crippen LogP contribution in [0.3, 0.4) is 0 Å². The van der Waals surface area contributed by atoms with E-state index >= 15 is 0 Å². The van der Waals surface area contributed by atoms with Gasteiger partial charge in [0.05, 0.1) is 31.0 Å². The Bertz CT molecular complexity index is 1660. The van der Waals surface area contributed by atoms with Crippen molar-refractivity contribution >= 4 is 23.2 Å². The van der Waals surface area contributed by atoms with Crippen LogP contribution in [0.5, 0.6) is 0 Å². The maximum absolute atomic E-state index is 13.2. The lowest BCUT2D eigenvalue weighted by Gasteiger charge is -2.45. The lowest BCUT2D eigenvalue weighted by molar-refractivity contribution is -0.253. The van der Waals surface area contributed by atoms with Crippen molar-refractivity contribution in [3.05, 3.63) is 126 Å². The Balaban J connectivity index is 1.05. The number of hydrogen-bond acceptors (Lipinski definition) is 8. The molecule has 4 heterocycles. The number of pyridine rings is 1. The summed E-state index contributed by atoms with van der Waals surface area (Å²) in [4.78, 5) is 34.4. The topological polar surface area (TPSA) is 116 Å². The predicted octanol–water partition coefficient (Wildman–Crippen LogP) is 4.80. The molecule has 4 aromatic rings. The summed E-state index contributed by atoms with van der Waals surface area (Å²) in [6, 6.07) is 29.0. The molecule has 3 aromatic carbocycles. The van der Waals surface area contributed by atoms with Crippen LogP contribution in [0.15, 0.2) is 103 Å². The quantitative estimate of drug-likeness (QED) is 0.254. The van der Waals surface area contributed by atoms with Crippen LogP contribution in [-0.2, 0) is 20.9 Å². The third-order valence-corrected chi connectivity index (χ3v) is 9.53. The number of aliphatic hydroxyl groups is 1. The molecule has 3 saturated heterocycles. The second-order valence-electron chi connectivity index (χ2n) is 12.4. The van der Waals surface area contributed by atoms with E-state index in [4.69, 9.17) is 9.47 Å². The van der Waals surface area contributed by atoms with Crippen molar-refractivity contribution < 1.29 is 24.2 Å². The smallest absolute Gasteiger partial charge is 0.257 e. The Morgan fingerprint density at radius 1 is 0.936 bits per heavy atom. The van der Waals surface area contributed by atoms with E-state index in [0.717, 1.165) is 48.3 Å². The lowest BCUT2D eigenvalue weighted by atomic mass is 9.85.